The lowest BCUT2D eigenvalue weighted by Gasteiger charge is -2.35. The highest BCUT2D eigenvalue weighted by molar-refractivity contribution is 7.86. The maximum absolute atomic E-state index is 12.3. The SMILES string of the molecule is Cc1ccccc1CNC(=O)C(C)N1CCN(S(N)(=O)=O)CC1. The summed E-state index contributed by atoms with van der Waals surface area (Å²) < 4.78 is 23.8. The van der Waals surface area contributed by atoms with Crippen molar-refractivity contribution in [2.75, 3.05) is 26.2 Å². The van der Waals surface area contributed by atoms with Gasteiger partial charge in [-0.05, 0) is 25.0 Å². The number of nitrogens with zero attached hydrogens (tertiary/aromatic N) is 2. The van der Waals surface area contributed by atoms with Crippen molar-refractivity contribution in [2.24, 2.45) is 5.14 Å². The average Bonchev–Trinajstić information content (AvgIpc) is 2.52. The molecule has 3 N–H and O–H groups in total. The number of nitrogens with one attached hydrogen (secondary N) is 1. The number of rotatable bonds is 5. The lowest BCUT2D eigenvalue weighted by molar-refractivity contribution is -0.126. The van der Waals surface area contributed by atoms with Crippen LogP contribution in [0, 0.1) is 6.92 Å². The number of hydrogen-bond donors (Lipinski definition) is 2. The number of benzene rings is 1. The van der Waals surface area contributed by atoms with Crippen LogP contribution in [0.25, 0.3) is 0 Å². The van der Waals surface area contributed by atoms with Gasteiger partial charge in [0, 0.05) is 32.7 Å². The topological polar surface area (TPSA) is 95.7 Å². The molecule has 1 aromatic carbocycles. The Morgan fingerprint density at radius 1 is 1.26 bits per heavy atom. The van der Waals surface area contributed by atoms with Crippen LogP contribution in [0.1, 0.15) is 18.1 Å². The third-order valence-corrected chi connectivity index (χ3v) is 5.36. The molecule has 7 nitrogen and oxygen atoms in total. The second-order valence-electron chi connectivity index (χ2n) is 5.80. The van der Waals surface area contributed by atoms with Crippen molar-refractivity contribution in [2.45, 2.75) is 26.4 Å². The van der Waals surface area contributed by atoms with Crippen LogP contribution in [0.2, 0.25) is 0 Å². The Hall–Kier alpha value is -1.48. The summed E-state index contributed by atoms with van der Waals surface area (Å²) in [7, 11) is -3.64. The summed E-state index contributed by atoms with van der Waals surface area (Å²) in [6.45, 7) is 5.96. The number of hydrogen-bond acceptors (Lipinski definition) is 4. The molecule has 128 valence electrons. The van der Waals surface area contributed by atoms with Gasteiger partial charge in [0.1, 0.15) is 0 Å². The van der Waals surface area contributed by atoms with E-state index in [-0.39, 0.29) is 11.9 Å². The summed E-state index contributed by atoms with van der Waals surface area (Å²) in [5, 5.41) is 8.06. The van der Waals surface area contributed by atoms with Gasteiger partial charge in [-0.1, -0.05) is 24.3 Å². The van der Waals surface area contributed by atoms with Gasteiger partial charge in [0.15, 0.2) is 0 Å². The minimum Gasteiger partial charge on any atom is -0.351 e. The monoisotopic (exact) mass is 340 g/mol. The number of amides is 1. The highest BCUT2D eigenvalue weighted by Crippen LogP contribution is 2.10. The van der Waals surface area contributed by atoms with E-state index in [1.54, 1.807) is 0 Å². The number of carbonyl (C=O) groups is 1. The quantitative estimate of drug-likeness (QED) is 0.777. The van der Waals surface area contributed by atoms with Crippen LogP contribution in [0.3, 0.4) is 0 Å². The van der Waals surface area contributed by atoms with Gasteiger partial charge in [0.05, 0.1) is 6.04 Å². The van der Waals surface area contributed by atoms with Crippen LogP contribution in [-0.2, 0) is 21.5 Å². The van der Waals surface area contributed by atoms with E-state index < -0.39 is 10.2 Å². The normalized spacial score (nSPS) is 18.6. The molecule has 1 unspecified atom stereocenters. The molecule has 0 spiro atoms. The molecule has 0 saturated carbocycles. The molecule has 1 fully saturated rings. The zero-order valence-corrected chi connectivity index (χ0v) is 14.3. The van der Waals surface area contributed by atoms with Gasteiger partial charge in [0.25, 0.3) is 10.2 Å². The number of piperazine rings is 1. The first kappa shape index (κ1) is 17.9. The second kappa shape index (κ2) is 7.39. The zero-order chi connectivity index (χ0) is 17.0. The van der Waals surface area contributed by atoms with Crippen LogP contribution in [-0.4, -0.2) is 55.8 Å². The smallest absolute Gasteiger partial charge is 0.276 e. The molecule has 0 radical (unpaired) electrons. The molecule has 1 atom stereocenters. The molecular weight excluding hydrogens is 316 g/mol. The number of nitrogens with two attached hydrogens (primary N) is 1. The Labute approximate surface area is 137 Å². The van der Waals surface area contributed by atoms with Gasteiger partial charge < -0.3 is 5.32 Å². The maximum Gasteiger partial charge on any atom is 0.276 e. The van der Waals surface area contributed by atoms with E-state index in [9.17, 15) is 13.2 Å². The summed E-state index contributed by atoms with van der Waals surface area (Å²) in [5.41, 5.74) is 2.23. The molecule has 1 aliphatic heterocycles. The van der Waals surface area contributed by atoms with E-state index >= 15 is 0 Å². The Morgan fingerprint density at radius 2 is 1.87 bits per heavy atom. The first-order chi connectivity index (χ1) is 10.8. The highest BCUT2D eigenvalue weighted by atomic mass is 32.2. The zero-order valence-electron chi connectivity index (χ0n) is 13.5. The van der Waals surface area contributed by atoms with Crippen LogP contribution in [0.4, 0.5) is 0 Å². The molecule has 1 heterocycles. The maximum atomic E-state index is 12.3. The molecule has 1 aliphatic rings. The number of aryl methyl sites for hydroxylation is 1. The molecule has 8 heteroatoms. The highest BCUT2D eigenvalue weighted by Gasteiger charge is 2.28. The van der Waals surface area contributed by atoms with Crippen molar-refractivity contribution >= 4 is 16.1 Å². The van der Waals surface area contributed by atoms with Crippen LogP contribution in [0.15, 0.2) is 24.3 Å². The van der Waals surface area contributed by atoms with Crippen LogP contribution >= 0.6 is 0 Å². The Bertz CT molecular complexity index is 654. The molecule has 1 amide bonds. The number of carbonyl (C=O) groups excluding carboxylic acids is 1. The standard InChI is InChI=1S/C15H24N4O3S/c1-12-5-3-4-6-14(12)11-17-15(20)13(2)18-7-9-19(10-8-18)23(16,21)22/h3-6,13H,7-11H2,1-2H3,(H,17,20)(H2,16,21,22). The fourth-order valence-electron chi connectivity index (χ4n) is 2.65. The van der Waals surface area contributed by atoms with Crippen molar-refractivity contribution in [3.8, 4) is 0 Å². The first-order valence-corrected chi connectivity index (χ1v) is 9.13. The average molecular weight is 340 g/mol. The molecular formula is C15H24N4O3S. The Balaban J connectivity index is 1.85. The fourth-order valence-corrected chi connectivity index (χ4v) is 3.32. The van der Waals surface area contributed by atoms with E-state index in [2.05, 4.69) is 5.32 Å². The fraction of sp³-hybridized carbons (Fsp3) is 0.533. The minimum absolute atomic E-state index is 0.0580. The van der Waals surface area contributed by atoms with Gasteiger partial charge in [-0.3, -0.25) is 9.69 Å². The van der Waals surface area contributed by atoms with Crippen molar-refractivity contribution < 1.29 is 13.2 Å². The molecule has 23 heavy (non-hydrogen) atoms. The van der Waals surface area contributed by atoms with E-state index in [0.29, 0.717) is 32.7 Å². The molecule has 2 rings (SSSR count). The summed E-state index contributed by atoms with van der Waals surface area (Å²) in [4.78, 5) is 14.3. The predicted molar refractivity (Wildman–Crippen MR) is 88.7 cm³/mol. The molecule has 1 saturated heterocycles. The van der Waals surface area contributed by atoms with E-state index in [0.717, 1.165) is 11.1 Å². The van der Waals surface area contributed by atoms with E-state index in [1.165, 1.54) is 4.31 Å². The second-order valence-corrected chi connectivity index (χ2v) is 7.35. The summed E-state index contributed by atoms with van der Waals surface area (Å²) >= 11 is 0. The van der Waals surface area contributed by atoms with Crippen molar-refractivity contribution in [3.05, 3.63) is 35.4 Å². The van der Waals surface area contributed by atoms with Crippen LogP contribution in [0.5, 0.6) is 0 Å². The van der Waals surface area contributed by atoms with E-state index in [4.69, 9.17) is 5.14 Å². The van der Waals surface area contributed by atoms with Crippen molar-refractivity contribution in [3.63, 3.8) is 0 Å². The Morgan fingerprint density at radius 3 is 2.43 bits per heavy atom. The van der Waals surface area contributed by atoms with E-state index in [1.807, 2.05) is 43.0 Å². The third-order valence-electron chi connectivity index (χ3n) is 4.27. The summed E-state index contributed by atoms with van der Waals surface area (Å²) in [6.07, 6.45) is 0. The minimum atomic E-state index is -3.64. The van der Waals surface area contributed by atoms with Crippen molar-refractivity contribution in [1.29, 1.82) is 0 Å². The molecule has 1 aromatic rings. The van der Waals surface area contributed by atoms with Gasteiger partial charge in [-0.2, -0.15) is 12.7 Å². The Kier molecular flexibility index (Phi) is 5.74. The lowest BCUT2D eigenvalue weighted by atomic mass is 10.1. The largest absolute Gasteiger partial charge is 0.351 e. The summed E-state index contributed by atoms with van der Waals surface area (Å²) in [5.74, 6) is -0.0580. The van der Waals surface area contributed by atoms with Gasteiger partial charge in [0.2, 0.25) is 5.91 Å². The molecule has 0 aromatic heterocycles. The van der Waals surface area contributed by atoms with Gasteiger partial charge >= 0.3 is 0 Å². The van der Waals surface area contributed by atoms with Gasteiger partial charge in [-0.15, -0.1) is 0 Å². The molecule has 0 bridgehead atoms. The van der Waals surface area contributed by atoms with Crippen LogP contribution < -0.4 is 10.5 Å². The molecule has 0 aliphatic carbocycles. The van der Waals surface area contributed by atoms with Gasteiger partial charge in [-0.25, -0.2) is 5.14 Å². The third kappa shape index (κ3) is 4.74. The lowest BCUT2D eigenvalue weighted by Crippen LogP contribution is -2.55. The van der Waals surface area contributed by atoms with Crippen molar-refractivity contribution in [1.82, 2.24) is 14.5 Å². The predicted octanol–water partition coefficient (Wildman–Crippen LogP) is -0.179. The first-order valence-electron chi connectivity index (χ1n) is 7.63. The summed E-state index contributed by atoms with van der Waals surface area (Å²) in [6, 6.07) is 7.61.